The summed E-state index contributed by atoms with van der Waals surface area (Å²) in [4.78, 5) is 0. The normalized spacial score (nSPS) is 29.3. The molecule has 2 unspecified atom stereocenters. The minimum Gasteiger partial charge on any atom is -0.508 e. The van der Waals surface area contributed by atoms with E-state index >= 15 is 0 Å². The van der Waals surface area contributed by atoms with Gasteiger partial charge in [-0.15, -0.1) is 0 Å². The quantitative estimate of drug-likeness (QED) is 0.674. The second-order valence-corrected chi connectivity index (χ2v) is 4.82. The summed E-state index contributed by atoms with van der Waals surface area (Å²) in [5.74, 6) is 1.20. The molecule has 0 saturated carbocycles. The SMILES string of the molecule is Oc1ccc2c(c1)CC1CCCNC1C2. The molecule has 0 spiro atoms. The molecule has 2 nitrogen and oxygen atoms in total. The Morgan fingerprint density at radius 1 is 1.20 bits per heavy atom. The molecule has 1 aromatic rings. The molecule has 0 aromatic heterocycles. The molecule has 15 heavy (non-hydrogen) atoms. The van der Waals surface area contributed by atoms with Crippen molar-refractivity contribution in [3.63, 3.8) is 0 Å². The summed E-state index contributed by atoms with van der Waals surface area (Å²) in [5.41, 5.74) is 2.78. The molecule has 1 fully saturated rings. The van der Waals surface area contributed by atoms with Crippen LogP contribution >= 0.6 is 0 Å². The van der Waals surface area contributed by atoms with Gasteiger partial charge in [-0.1, -0.05) is 6.07 Å². The number of nitrogens with one attached hydrogen (secondary N) is 1. The van der Waals surface area contributed by atoms with E-state index in [1.165, 1.54) is 30.5 Å². The molecule has 1 aliphatic carbocycles. The van der Waals surface area contributed by atoms with Crippen molar-refractivity contribution in [3.05, 3.63) is 29.3 Å². The molecule has 1 saturated heterocycles. The highest BCUT2D eigenvalue weighted by atomic mass is 16.3. The van der Waals surface area contributed by atoms with Gasteiger partial charge in [0.15, 0.2) is 0 Å². The Kier molecular flexibility index (Phi) is 2.17. The van der Waals surface area contributed by atoms with E-state index in [1.807, 2.05) is 12.1 Å². The first kappa shape index (κ1) is 9.22. The van der Waals surface area contributed by atoms with Crippen LogP contribution in [0.15, 0.2) is 18.2 Å². The predicted molar refractivity (Wildman–Crippen MR) is 60.0 cm³/mol. The zero-order valence-electron chi connectivity index (χ0n) is 8.87. The number of phenolic OH excluding ortho intramolecular Hbond substituents is 1. The zero-order chi connectivity index (χ0) is 10.3. The summed E-state index contributed by atoms with van der Waals surface area (Å²) >= 11 is 0. The van der Waals surface area contributed by atoms with E-state index in [0.29, 0.717) is 11.8 Å². The minimum absolute atomic E-state index is 0.413. The molecule has 0 amide bonds. The van der Waals surface area contributed by atoms with Gasteiger partial charge in [-0.05, 0) is 61.4 Å². The number of fused-ring (bicyclic) bond motifs is 2. The molecule has 2 aliphatic rings. The molecular formula is C13H17NO. The fraction of sp³-hybridized carbons (Fsp3) is 0.538. The average Bonchev–Trinajstić information content (AvgIpc) is 2.26. The Balaban J connectivity index is 1.92. The second-order valence-electron chi connectivity index (χ2n) is 4.82. The third kappa shape index (κ3) is 1.63. The Morgan fingerprint density at radius 2 is 2.13 bits per heavy atom. The van der Waals surface area contributed by atoms with Crippen LogP contribution in [0.3, 0.4) is 0 Å². The highest BCUT2D eigenvalue weighted by Gasteiger charge is 2.30. The number of hydrogen-bond acceptors (Lipinski definition) is 2. The lowest BCUT2D eigenvalue weighted by Crippen LogP contribution is -2.45. The number of phenols is 1. The van der Waals surface area contributed by atoms with Gasteiger partial charge in [0.1, 0.15) is 5.75 Å². The van der Waals surface area contributed by atoms with Crippen LogP contribution in [0.1, 0.15) is 24.0 Å². The Bertz CT molecular complexity index is 375. The third-order valence-corrected chi connectivity index (χ3v) is 3.84. The number of rotatable bonds is 0. The van der Waals surface area contributed by atoms with Gasteiger partial charge < -0.3 is 10.4 Å². The van der Waals surface area contributed by atoms with Crippen LogP contribution < -0.4 is 5.32 Å². The molecule has 2 N–H and O–H groups in total. The van der Waals surface area contributed by atoms with Crippen molar-refractivity contribution in [2.75, 3.05) is 6.54 Å². The third-order valence-electron chi connectivity index (χ3n) is 3.84. The van der Waals surface area contributed by atoms with E-state index in [-0.39, 0.29) is 0 Å². The molecule has 80 valence electrons. The van der Waals surface area contributed by atoms with Gasteiger partial charge in [0, 0.05) is 6.04 Å². The van der Waals surface area contributed by atoms with Gasteiger partial charge in [-0.3, -0.25) is 0 Å². The number of piperidine rings is 1. The highest BCUT2D eigenvalue weighted by molar-refractivity contribution is 5.37. The van der Waals surface area contributed by atoms with Crippen LogP contribution in [-0.2, 0) is 12.8 Å². The Hall–Kier alpha value is -1.02. The first-order chi connectivity index (χ1) is 7.33. The maximum Gasteiger partial charge on any atom is 0.115 e. The van der Waals surface area contributed by atoms with Crippen molar-refractivity contribution in [3.8, 4) is 5.75 Å². The fourth-order valence-corrected chi connectivity index (χ4v) is 3.02. The van der Waals surface area contributed by atoms with E-state index < -0.39 is 0 Å². The summed E-state index contributed by atoms with van der Waals surface area (Å²) in [7, 11) is 0. The largest absolute Gasteiger partial charge is 0.508 e. The molecular weight excluding hydrogens is 186 g/mol. The van der Waals surface area contributed by atoms with Crippen LogP contribution in [0.5, 0.6) is 5.75 Å². The molecule has 1 aliphatic heterocycles. The molecule has 0 bridgehead atoms. The van der Waals surface area contributed by atoms with E-state index in [1.54, 1.807) is 0 Å². The van der Waals surface area contributed by atoms with Crippen LogP contribution in [0, 0.1) is 5.92 Å². The van der Waals surface area contributed by atoms with Crippen molar-refractivity contribution in [2.24, 2.45) is 5.92 Å². The fourth-order valence-electron chi connectivity index (χ4n) is 3.02. The van der Waals surface area contributed by atoms with Crippen LogP contribution in [-0.4, -0.2) is 17.7 Å². The van der Waals surface area contributed by atoms with E-state index in [9.17, 15) is 5.11 Å². The van der Waals surface area contributed by atoms with Gasteiger partial charge in [0.2, 0.25) is 0 Å². The first-order valence-corrected chi connectivity index (χ1v) is 5.87. The standard InChI is InChI=1S/C13H17NO/c15-12-4-3-9-8-13-10(2-1-5-14-13)6-11(9)7-12/h3-4,7,10,13-15H,1-2,5-6,8H2. The number of hydrogen-bond donors (Lipinski definition) is 2. The maximum absolute atomic E-state index is 9.47. The van der Waals surface area contributed by atoms with E-state index in [0.717, 1.165) is 18.8 Å². The molecule has 1 aromatic carbocycles. The summed E-state index contributed by atoms with van der Waals surface area (Å²) in [6, 6.07) is 6.51. The number of benzene rings is 1. The maximum atomic E-state index is 9.47. The topological polar surface area (TPSA) is 32.3 Å². The van der Waals surface area contributed by atoms with Crippen molar-refractivity contribution in [1.82, 2.24) is 5.32 Å². The molecule has 2 heteroatoms. The lowest BCUT2D eigenvalue weighted by molar-refractivity contribution is 0.263. The summed E-state index contributed by atoms with van der Waals surface area (Å²) in [6.07, 6.45) is 4.92. The first-order valence-electron chi connectivity index (χ1n) is 5.87. The van der Waals surface area contributed by atoms with Gasteiger partial charge in [0.05, 0.1) is 0 Å². The van der Waals surface area contributed by atoms with E-state index in [4.69, 9.17) is 0 Å². The summed E-state index contributed by atoms with van der Waals surface area (Å²) in [5, 5.41) is 13.1. The van der Waals surface area contributed by atoms with Crippen LogP contribution in [0.2, 0.25) is 0 Å². The molecule has 2 atom stereocenters. The Morgan fingerprint density at radius 3 is 3.07 bits per heavy atom. The summed E-state index contributed by atoms with van der Waals surface area (Å²) in [6.45, 7) is 1.18. The predicted octanol–water partition coefficient (Wildman–Crippen LogP) is 1.86. The molecule has 3 rings (SSSR count). The second kappa shape index (κ2) is 3.53. The summed E-state index contributed by atoms with van der Waals surface area (Å²) < 4.78 is 0. The van der Waals surface area contributed by atoms with Gasteiger partial charge in [0.25, 0.3) is 0 Å². The van der Waals surface area contributed by atoms with Crippen molar-refractivity contribution < 1.29 is 5.11 Å². The Labute approximate surface area is 90.3 Å². The van der Waals surface area contributed by atoms with Gasteiger partial charge in [-0.2, -0.15) is 0 Å². The lowest BCUT2D eigenvalue weighted by atomic mass is 9.76. The van der Waals surface area contributed by atoms with Crippen molar-refractivity contribution >= 4 is 0 Å². The number of aromatic hydroxyl groups is 1. The van der Waals surface area contributed by atoms with Gasteiger partial charge >= 0.3 is 0 Å². The van der Waals surface area contributed by atoms with Crippen LogP contribution in [0.25, 0.3) is 0 Å². The smallest absolute Gasteiger partial charge is 0.115 e. The monoisotopic (exact) mass is 203 g/mol. The zero-order valence-corrected chi connectivity index (χ0v) is 8.87. The molecule has 1 heterocycles. The van der Waals surface area contributed by atoms with E-state index in [2.05, 4.69) is 11.4 Å². The van der Waals surface area contributed by atoms with Crippen molar-refractivity contribution in [1.29, 1.82) is 0 Å². The minimum atomic E-state index is 0.413. The van der Waals surface area contributed by atoms with Crippen LogP contribution in [0.4, 0.5) is 0 Å². The average molecular weight is 203 g/mol. The molecule has 0 radical (unpaired) electrons. The lowest BCUT2D eigenvalue weighted by Gasteiger charge is -2.37. The van der Waals surface area contributed by atoms with Gasteiger partial charge in [-0.25, -0.2) is 0 Å². The highest BCUT2D eigenvalue weighted by Crippen LogP contribution is 2.32. The van der Waals surface area contributed by atoms with Crippen molar-refractivity contribution in [2.45, 2.75) is 31.7 Å².